The summed E-state index contributed by atoms with van der Waals surface area (Å²) in [4.78, 5) is 39.0. The van der Waals surface area contributed by atoms with Gasteiger partial charge in [-0.15, -0.1) is 0 Å². The highest BCUT2D eigenvalue weighted by molar-refractivity contribution is 5.94. The zero-order chi connectivity index (χ0) is 25.8. The van der Waals surface area contributed by atoms with E-state index in [1.54, 1.807) is 17.0 Å². The van der Waals surface area contributed by atoms with E-state index in [2.05, 4.69) is 24.5 Å². The van der Waals surface area contributed by atoms with Crippen molar-refractivity contribution in [2.24, 2.45) is 0 Å². The van der Waals surface area contributed by atoms with Crippen LogP contribution in [-0.4, -0.2) is 41.4 Å². The molecule has 3 amide bonds. The minimum atomic E-state index is -1.16. The van der Waals surface area contributed by atoms with Crippen LogP contribution in [-0.2, 0) is 4.79 Å². The van der Waals surface area contributed by atoms with Crippen molar-refractivity contribution in [2.75, 3.05) is 11.9 Å². The molecule has 2 N–H and O–H groups in total. The molecule has 1 atom stereocenters. The van der Waals surface area contributed by atoms with Crippen molar-refractivity contribution >= 4 is 23.6 Å². The number of carbonyl (C=O) groups is 3. The molecule has 0 radical (unpaired) electrons. The van der Waals surface area contributed by atoms with E-state index in [9.17, 15) is 19.5 Å². The second kappa shape index (κ2) is 11.1. The van der Waals surface area contributed by atoms with Gasteiger partial charge >= 0.3 is 6.03 Å². The number of aryl methyl sites for hydroxylation is 1. The molecule has 2 aromatic rings. The van der Waals surface area contributed by atoms with Gasteiger partial charge in [-0.2, -0.15) is 0 Å². The minimum absolute atomic E-state index is 0.0625. The number of hydrogen-bond donors (Lipinski definition) is 2. The number of urea groups is 1. The van der Waals surface area contributed by atoms with E-state index in [1.165, 1.54) is 5.56 Å². The lowest BCUT2D eigenvalue weighted by Gasteiger charge is -2.32. The Morgan fingerprint density at radius 1 is 0.972 bits per heavy atom. The average Bonchev–Trinajstić information content (AvgIpc) is 3.36. The Bertz CT molecular complexity index is 1100. The minimum Gasteiger partial charge on any atom is -0.545 e. The molecule has 0 unspecified atom stereocenters. The monoisotopic (exact) mass is 490 g/mol. The molecule has 36 heavy (non-hydrogen) atoms. The Balaban J connectivity index is 1.31. The molecular formula is C29H36N3O4-. The number of benzene rings is 2. The molecule has 1 saturated carbocycles. The van der Waals surface area contributed by atoms with Crippen LogP contribution < -0.4 is 15.7 Å². The normalized spacial score (nSPS) is 21.9. The Morgan fingerprint density at radius 3 is 2.31 bits per heavy atom. The van der Waals surface area contributed by atoms with Crippen molar-refractivity contribution in [2.45, 2.75) is 83.2 Å². The van der Waals surface area contributed by atoms with Crippen LogP contribution in [0.25, 0.3) is 0 Å². The molecule has 0 bridgehead atoms. The molecule has 0 aromatic heterocycles. The molecule has 7 heteroatoms. The first-order valence-corrected chi connectivity index (χ1v) is 13.0. The summed E-state index contributed by atoms with van der Waals surface area (Å²) < 4.78 is 0. The number of carbonyl (C=O) groups excluding carboxylic acids is 3. The van der Waals surface area contributed by atoms with Crippen LogP contribution in [0.5, 0.6) is 0 Å². The van der Waals surface area contributed by atoms with Gasteiger partial charge in [-0.25, -0.2) is 4.79 Å². The Labute approximate surface area is 213 Å². The van der Waals surface area contributed by atoms with Crippen LogP contribution in [0.1, 0.15) is 91.3 Å². The molecule has 1 saturated heterocycles. The second-order valence-corrected chi connectivity index (χ2v) is 10.5. The number of carboxylic acids is 1. The van der Waals surface area contributed by atoms with Crippen molar-refractivity contribution < 1.29 is 19.5 Å². The zero-order valence-corrected chi connectivity index (χ0v) is 21.4. The summed E-state index contributed by atoms with van der Waals surface area (Å²) >= 11 is 0. The van der Waals surface area contributed by atoms with Gasteiger partial charge in [-0.1, -0.05) is 38.1 Å². The molecule has 192 valence electrons. The number of carboxylic acid groups (broad SMARTS) is 1. The molecule has 4 rings (SSSR count). The highest BCUT2D eigenvalue weighted by atomic mass is 16.4. The number of nitrogens with one attached hydrogen (secondary N) is 2. The van der Waals surface area contributed by atoms with Crippen molar-refractivity contribution in [1.82, 2.24) is 10.2 Å². The highest BCUT2D eigenvalue weighted by Gasteiger charge is 2.35. The number of nitrogens with zero attached hydrogens (tertiary/aromatic N) is 1. The predicted octanol–water partition coefficient (Wildman–Crippen LogP) is 4.32. The Morgan fingerprint density at radius 2 is 1.67 bits per heavy atom. The van der Waals surface area contributed by atoms with Gasteiger partial charge in [0.15, 0.2) is 0 Å². The first-order chi connectivity index (χ1) is 17.2. The summed E-state index contributed by atoms with van der Waals surface area (Å²) in [5.41, 5.74) is 4.29. The summed E-state index contributed by atoms with van der Waals surface area (Å²) in [5.74, 6) is -0.549. The molecule has 2 aliphatic rings. The topological polar surface area (TPSA) is 102 Å². The van der Waals surface area contributed by atoms with Crippen molar-refractivity contribution in [1.29, 1.82) is 0 Å². The molecule has 2 aromatic carbocycles. The number of rotatable bonds is 6. The van der Waals surface area contributed by atoms with Crippen LogP contribution in [0.3, 0.4) is 0 Å². The predicted molar refractivity (Wildman–Crippen MR) is 138 cm³/mol. The van der Waals surface area contributed by atoms with Crippen LogP contribution in [0.2, 0.25) is 0 Å². The molecule has 2 fully saturated rings. The third-order valence-corrected chi connectivity index (χ3v) is 7.67. The first-order valence-electron chi connectivity index (χ1n) is 13.0. The smallest absolute Gasteiger partial charge is 0.322 e. The van der Waals surface area contributed by atoms with E-state index in [0.29, 0.717) is 18.9 Å². The van der Waals surface area contributed by atoms with Crippen LogP contribution in [0.4, 0.5) is 10.5 Å². The molecule has 0 spiro atoms. The fourth-order valence-corrected chi connectivity index (χ4v) is 5.48. The third kappa shape index (κ3) is 5.89. The Kier molecular flexibility index (Phi) is 7.97. The lowest BCUT2D eigenvalue weighted by molar-refractivity contribution is -0.255. The first kappa shape index (κ1) is 25.7. The largest absolute Gasteiger partial charge is 0.545 e. The number of likely N-dealkylation sites (tertiary alicyclic amines) is 1. The van der Waals surface area contributed by atoms with E-state index < -0.39 is 12.0 Å². The number of hydrogen-bond acceptors (Lipinski definition) is 4. The molecular weight excluding hydrogens is 454 g/mol. The van der Waals surface area contributed by atoms with E-state index in [-0.39, 0.29) is 29.5 Å². The van der Waals surface area contributed by atoms with E-state index in [1.807, 2.05) is 37.3 Å². The maximum atomic E-state index is 13.1. The fourth-order valence-electron chi connectivity index (χ4n) is 5.48. The SMILES string of the molecule is Cc1ccc(C(=O)[O-])cc1C1CCC(NC(=O)[C@H]2CCCN2C(=O)Nc2ccc(C(C)C)cc2)CC1. The van der Waals surface area contributed by atoms with E-state index in [4.69, 9.17) is 0 Å². The standard InChI is InChI=1S/C29H37N3O4/c1-18(2)20-8-12-24(13-9-20)31-29(36)32-16-4-5-26(32)27(33)30-23-14-10-21(11-15-23)25-17-22(28(34)35)7-6-19(25)3/h6-9,12-13,17-18,21,23,26H,4-5,10-11,14-16H2,1-3H3,(H,30,33)(H,31,36)(H,34,35)/p-1/t21?,23?,26-/m1/s1. The lowest BCUT2D eigenvalue weighted by Crippen LogP contribution is -2.50. The van der Waals surface area contributed by atoms with Gasteiger partial charge < -0.3 is 25.4 Å². The van der Waals surface area contributed by atoms with Crippen LogP contribution in [0.15, 0.2) is 42.5 Å². The molecule has 1 aliphatic carbocycles. The quantitative estimate of drug-likeness (QED) is 0.630. The van der Waals surface area contributed by atoms with Gasteiger partial charge in [0.1, 0.15) is 6.04 Å². The average molecular weight is 491 g/mol. The van der Waals surface area contributed by atoms with Crippen molar-refractivity contribution in [3.05, 3.63) is 64.7 Å². The third-order valence-electron chi connectivity index (χ3n) is 7.67. The van der Waals surface area contributed by atoms with Crippen molar-refractivity contribution in [3.8, 4) is 0 Å². The fraction of sp³-hybridized carbons (Fsp3) is 0.483. The summed E-state index contributed by atoms with van der Waals surface area (Å²) in [5, 5.41) is 17.4. The molecule has 1 aliphatic heterocycles. The van der Waals surface area contributed by atoms with Gasteiger partial charge in [0.2, 0.25) is 5.91 Å². The zero-order valence-electron chi connectivity index (χ0n) is 21.4. The maximum absolute atomic E-state index is 13.1. The number of anilines is 1. The summed E-state index contributed by atoms with van der Waals surface area (Å²) in [6.45, 7) is 6.82. The van der Waals surface area contributed by atoms with Crippen LogP contribution in [0, 0.1) is 6.92 Å². The van der Waals surface area contributed by atoms with Gasteiger partial charge in [0.25, 0.3) is 0 Å². The summed E-state index contributed by atoms with van der Waals surface area (Å²) in [6.07, 6.45) is 4.88. The lowest BCUT2D eigenvalue weighted by atomic mass is 9.79. The van der Waals surface area contributed by atoms with Gasteiger partial charge in [-0.3, -0.25) is 4.79 Å². The highest BCUT2D eigenvalue weighted by Crippen LogP contribution is 2.35. The van der Waals surface area contributed by atoms with E-state index >= 15 is 0 Å². The van der Waals surface area contributed by atoms with Gasteiger partial charge in [-0.05, 0) is 97.7 Å². The number of amides is 3. The number of aromatic carboxylic acids is 1. The Hall–Kier alpha value is -3.35. The van der Waals surface area contributed by atoms with Gasteiger partial charge in [0, 0.05) is 18.3 Å². The molecule has 7 nitrogen and oxygen atoms in total. The summed E-state index contributed by atoms with van der Waals surface area (Å²) in [7, 11) is 0. The molecule has 1 heterocycles. The second-order valence-electron chi connectivity index (χ2n) is 10.5. The van der Waals surface area contributed by atoms with Crippen molar-refractivity contribution in [3.63, 3.8) is 0 Å². The maximum Gasteiger partial charge on any atom is 0.322 e. The van der Waals surface area contributed by atoms with E-state index in [0.717, 1.165) is 48.9 Å². The van der Waals surface area contributed by atoms with Gasteiger partial charge in [0.05, 0.1) is 5.97 Å². The van der Waals surface area contributed by atoms with Crippen LogP contribution >= 0.6 is 0 Å². The summed E-state index contributed by atoms with van der Waals surface area (Å²) in [6, 6.07) is 12.4.